The van der Waals surface area contributed by atoms with Crippen LogP contribution in [0, 0.1) is 0 Å². The number of hydrogen-bond acceptors (Lipinski definition) is 6. The molecule has 0 aliphatic carbocycles. The van der Waals surface area contributed by atoms with Crippen molar-refractivity contribution < 1.29 is 9.47 Å². The smallest absolute Gasteiger partial charge is 0.224 e. The third-order valence-corrected chi connectivity index (χ3v) is 2.52. The summed E-state index contributed by atoms with van der Waals surface area (Å²) in [5.74, 6) is 1.10. The van der Waals surface area contributed by atoms with Crippen LogP contribution in [0.2, 0.25) is 0 Å². The van der Waals surface area contributed by atoms with E-state index in [0.29, 0.717) is 24.3 Å². The molecule has 1 aromatic rings. The second kappa shape index (κ2) is 7.13. The first kappa shape index (κ1) is 14.7. The zero-order valence-corrected chi connectivity index (χ0v) is 11.7. The summed E-state index contributed by atoms with van der Waals surface area (Å²) in [7, 11) is 7.28. The second-order valence-electron chi connectivity index (χ2n) is 4.41. The number of rotatable bonds is 7. The van der Waals surface area contributed by atoms with Crippen LogP contribution in [0.25, 0.3) is 0 Å². The van der Waals surface area contributed by atoms with Crippen LogP contribution in [-0.2, 0) is 6.54 Å². The highest BCUT2D eigenvalue weighted by molar-refractivity contribution is 5.34. The Labute approximate surface area is 108 Å². The Hall–Kier alpha value is -1.40. The van der Waals surface area contributed by atoms with Crippen molar-refractivity contribution in [1.29, 1.82) is 0 Å². The first-order valence-corrected chi connectivity index (χ1v) is 5.88. The normalized spacial score (nSPS) is 12.6. The summed E-state index contributed by atoms with van der Waals surface area (Å²) in [5, 5.41) is 3.40. The van der Waals surface area contributed by atoms with Crippen molar-refractivity contribution in [1.82, 2.24) is 20.2 Å². The van der Waals surface area contributed by atoms with E-state index in [1.54, 1.807) is 14.2 Å². The van der Waals surface area contributed by atoms with Gasteiger partial charge in [0.25, 0.3) is 0 Å². The Morgan fingerprint density at radius 1 is 1.22 bits per heavy atom. The molecule has 0 radical (unpaired) electrons. The monoisotopic (exact) mass is 254 g/mol. The zero-order chi connectivity index (χ0) is 13.5. The van der Waals surface area contributed by atoms with Crippen LogP contribution in [0.1, 0.15) is 12.5 Å². The van der Waals surface area contributed by atoms with Crippen LogP contribution in [-0.4, -0.2) is 55.8 Å². The molecule has 0 amide bonds. The third-order valence-electron chi connectivity index (χ3n) is 2.52. The fourth-order valence-corrected chi connectivity index (χ4v) is 1.77. The van der Waals surface area contributed by atoms with Crippen LogP contribution in [0.3, 0.4) is 0 Å². The standard InChI is InChI=1S/C12H22N4O2/c1-9(7-16(2)3)13-6-10-11(17-4)14-8-15-12(10)18-5/h8-9,13H,6-7H2,1-5H3. The molecule has 18 heavy (non-hydrogen) atoms. The van der Waals surface area contributed by atoms with E-state index in [1.165, 1.54) is 6.33 Å². The number of hydrogen-bond donors (Lipinski definition) is 1. The zero-order valence-electron chi connectivity index (χ0n) is 11.7. The molecule has 102 valence electrons. The van der Waals surface area contributed by atoms with Crippen molar-refractivity contribution in [2.75, 3.05) is 34.9 Å². The molecule has 1 N–H and O–H groups in total. The van der Waals surface area contributed by atoms with E-state index in [9.17, 15) is 0 Å². The Kier molecular flexibility index (Phi) is 5.80. The van der Waals surface area contributed by atoms with E-state index in [4.69, 9.17) is 9.47 Å². The van der Waals surface area contributed by atoms with Crippen molar-refractivity contribution in [2.45, 2.75) is 19.5 Å². The second-order valence-corrected chi connectivity index (χ2v) is 4.41. The Morgan fingerprint density at radius 2 is 1.78 bits per heavy atom. The summed E-state index contributed by atoms with van der Waals surface area (Å²) >= 11 is 0. The van der Waals surface area contributed by atoms with Gasteiger partial charge in [-0.15, -0.1) is 0 Å². The molecular formula is C12H22N4O2. The van der Waals surface area contributed by atoms with Crippen LogP contribution in [0.4, 0.5) is 0 Å². The molecule has 0 bridgehead atoms. The van der Waals surface area contributed by atoms with Crippen molar-refractivity contribution in [3.05, 3.63) is 11.9 Å². The Bertz CT molecular complexity index is 349. The average molecular weight is 254 g/mol. The maximum absolute atomic E-state index is 5.22. The molecule has 1 rings (SSSR count). The molecule has 0 fully saturated rings. The van der Waals surface area contributed by atoms with E-state index in [-0.39, 0.29) is 0 Å². The fraction of sp³-hybridized carbons (Fsp3) is 0.667. The minimum atomic E-state index is 0.356. The quantitative estimate of drug-likeness (QED) is 0.766. The van der Waals surface area contributed by atoms with Crippen LogP contribution in [0.5, 0.6) is 11.8 Å². The average Bonchev–Trinajstić information content (AvgIpc) is 2.34. The first-order chi connectivity index (χ1) is 8.58. The Balaban J connectivity index is 2.70. The summed E-state index contributed by atoms with van der Waals surface area (Å²) in [6, 6.07) is 0.356. The first-order valence-electron chi connectivity index (χ1n) is 5.88. The van der Waals surface area contributed by atoms with E-state index in [2.05, 4.69) is 27.1 Å². The molecule has 1 atom stereocenters. The molecule has 0 saturated heterocycles. The van der Waals surface area contributed by atoms with Crippen LogP contribution < -0.4 is 14.8 Å². The maximum Gasteiger partial charge on any atom is 0.224 e. The van der Waals surface area contributed by atoms with E-state index < -0.39 is 0 Å². The van der Waals surface area contributed by atoms with Crippen molar-refractivity contribution in [3.8, 4) is 11.8 Å². The fourth-order valence-electron chi connectivity index (χ4n) is 1.77. The van der Waals surface area contributed by atoms with Gasteiger partial charge in [-0.3, -0.25) is 0 Å². The summed E-state index contributed by atoms with van der Waals surface area (Å²) in [6.45, 7) is 3.70. The van der Waals surface area contributed by atoms with Crippen LogP contribution in [0.15, 0.2) is 6.33 Å². The SMILES string of the molecule is COc1ncnc(OC)c1CNC(C)CN(C)C. The maximum atomic E-state index is 5.22. The van der Waals surface area contributed by atoms with Gasteiger partial charge in [0.05, 0.1) is 19.8 Å². The molecule has 1 aromatic heterocycles. The topological polar surface area (TPSA) is 59.5 Å². The van der Waals surface area contributed by atoms with Gasteiger partial charge in [0.2, 0.25) is 11.8 Å². The summed E-state index contributed by atoms with van der Waals surface area (Å²) in [6.07, 6.45) is 1.43. The van der Waals surface area contributed by atoms with E-state index in [0.717, 1.165) is 12.1 Å². The largest absolute Gasteiger partial charge is 0.481 e. The lowest BCUT2D eigenvalue weighted by Crippen LogP contribution is -2.35. The summed E-state index contributed by atoms with van der Waals surface area (Å²) in [4.78, 5) is 10.3. The lowest BCUT2D eigenvalue weighted by Gasteiger charge is -2.19. The van der Waals surface area contributed by atoms with Gasteiger partial charge in [-0.25, -0.2) is 9.97 Å². The highest BCUT2D eigenvalue weighted by Gasteiger charge is 2.13. The lowest BCUT2D eigenvalue weighted by molar-refractivity contribution is 0.335. The van der Waals surface area contributed by atoms with Gasteiger partial charge < -0.3 is 19.7 Å². The Morgan fingerprint density at radius 3 is 2.22 bits per heavy atom. The minimum Gasteiger partial charge on any atom is -0.481 e. The van der Waals surface area contributed by atoms with Gasteiger partial charge >= 0.3 is 0 Å². The minimum absolute atomic E-state index is 0.356. The molecule has 0 aliphatic heterocycles. The lowest BCUT2D eigenvalue weighted by atomic mass is 10.2. The molecule has 0 aromatic carbocycles. The van der Waals surface area contributed by atoms with Crippen LogP contribution >= 0.6 is 0 Å². The van der Waals surface area contributed by atoms with Gasteiger partial charge in [-0.2, -0.15) is 0 Å². The number of likely N-dealkylation sites (N-methyl/N-ethyl adjacent to an activating group) is 1. The highest BCUT2D eigenvalue weighted by Crippen LogP contribution is 2.22. The molecular weight excluding hydrogens is 232 g/mol. The summed E-state index contributed by atoms with van der Waals surface area (Å²) < 4.78 is 10.4. The third kappa shape index (κ3) is 4.12. The molecule has 1 unspecified atom stereocenters. The predicted molar refractivity (Wildman–Crippen MR) is 70.0 cm³/mol. The molecule has 0 spiro atoms. The number of methoxy groups -OCH3 is 2. The molecule has 6 nitrogen and oxygen atoms in total. The number of nitrogens with zero attached hydrogens (tertiary/aromatic N) is 3. The molecule has 0 saturated carbocycles. The molecule has 0 aliphatic rings. The van der Waals surface area contributed by atoms with Crippen molar-refractivity contribution in [2.24, 2.45) is 0 Å². The highest BCUT2D eigenvalue weighted by atomic mass is 16.5. The van der Waals surface area contributed by atoms with Gasteiger partial charge in [0.15, 0.2) is 0 Å². The molecule has 6 heteroatoms. The van der Waals surface area contributed by atoms with Gasteiger partial charge in [0.1, 0.15) is 6.33 Å². The van der Waals surface area contributed by atoms with E-state index in [1.807, 2.05) is 14.1 Å². The number of aromatic nitrogens is 2. The number of ether oxygens (including phenoxy) is 2. The van der Waals surface area contributed by atoms with E-state index >= 15 is 0 Å². The van der Waals surface area contributed by atoms with Gasteiger partial charge in [-0.05, 0) is 21.0 Å². The van der Waals surface area contributed by atoms with Gasteiger partial charge in [0, 0.05) is 19.1 Å². The predicted octanol–water partition coefficient (Wildman–Crippen LogP) is 0.534. The summed E-state index contributed by atoms with van der Waals surface area (Å²) in [5.41, 5.74) is 0.841. The van der Waals surface area contributed by atoms with Crippen molar-refractivity contribution in [3.63, 3.8) is 0 Å². The van der Waals surface area contributed by atoms with Gasteiger partial charge in [-0.1, -0.05) is 0 Å². The number of nitrogens with one attached hydrogen (secondary N) is 1. The van der Waals surface area contributed by atoms with Crippen molar-refractivity contribution >= 4 is 0 Å². The molecule has 1 heterocycles.